The van der Waals surface area contributed by atoms with Crippen molar-refractivity contribution in [2.45, 2.75) is 104 Å². The average molecular weight is 528 g/mol. The van der Waals surface area contributed by atoms with Crippen molar-refractivity contribution in [3.63, 3.8) is 0 Å². The fourth-order valence-corrected chi connectivity index (χ4v) is 4.49. The van der Waals surface area contributed by atoms with Crippen LogP contribution in [0.5, 0.6) is 0 Å². The van der Waals surface area contributed by atoms with E-state index in [1.54, 1.807) is 6.08 Å². The zero-order valence-corrected chi connectivity index (χ0v) is 25.6. The number of rotatable bonds is 10. The molecule has 0 N–H and O–H groups in total. The normalized spacial score (nSPS) is 18.3. The summed E-state index contributed by atoms with van der Waals surface area (Å²) in [7, 11) is -1.57. The summed E-state index contributed by atoms with van der Waals surface area (Å²) in [6.07, 6.45) is 5.80. The van der Waals surface area contributed by atoms with Crippen molar-refractivity contribution in [2.75, 3.05) is 19.8 Å². The Morgan fingerprint density at radius 3 is 2.32 bits per heavy atom. The molecule has 0 amide bonds. The zero-order valence-electron chi connectivity index (χ0n) is 24.6. The molecule has 2 rings (SSSR count). The summed E-state index contributed by atoms with van der Waals surface area (Å²) < 4.78 is 17.8. The first-order valence-corrected chi connectivity index (χ1v) is 17.0. The van der Waals surface area contributed by atoms with E-state index in [-0.39, 0.29) is 17.4 Å². The minimum Gasteiger partial charge on any atom is -0.457 e. The number of hydrogen-bond acceptors (Lipinski definition) is 5. The van der Waals surface area contributed by atoms with Gasteiger partial charge in [-0.15, -0.1) is 5.54 Å². The molecule has 1 atom stereocenters. The van der Waals surface area contributed by atoms with Crippen molar-refractivity contribution < 1.29 is 19.0 Å². The monoisotopic (exact) mass is 527 g/mol. The van der Waals surface area contributed by atoms with E-state index >= 15 is 0 Å². The van der Waals surface area contributed by atoms with Crippen molar-refractivity contribution in [1.82, 2.24) is 4.90 Å². The van der Waals surface area contributed by atoms with E-state index in [1.807, 2.05) is 32.9 Å². The van der Waals surface area contributed by atoms with E-state index in [0.29, 0.717) is 13.2 Å². The van der Waals surface area contributed by atoms with Crippen LogP contribution >= 0.6 is 0 Å². The second-order valence-electron chi connectivity index (χ2n) is 13.1. The van der Waals surface area contributed by atoms with Gasteiger partial charge in [0.25, 0.3) is 0 Å². The van der Waals surface area contributed by atoms with Crippen LogP contribution in [0, 0.1) is 16.9 Å². The van der Waals surface area contributed by atoms with Gasteiger partial charge in [-0.3, -0.25) is 4.90 Å². The number of benzene rings is 1. The summed E-state index contributed by atoms with van der Waals surface area (Å²) in [6, 6.07) is 10.6. The first-order valence-electron chi connectivity index (χ1n) is 13.5. The lowest BCUT2D eigenvalue weighted by Gasteiger charge is -2.42. The molecule has 0 aliphatic carbocycles. The second kappa shape index (κ2) is 13.2. The van der Waals surface area contributed by atoms with Gasteiger partial charge in [-0.2, -0.15) is 0 Å². The van der Waals surface area contributed by atoms with Gasteiger partial charge in [0, 0.05) is 31.0 Å². The lowest BCUT2D eigenvalue weighted by Crippen LogP contribution is -2.46. The topological polar surface area (TPSA) is 48.0 Å². The number of ether oxygens (including phenoxy) is 3. The maximum Gasteiger partial charge on any atom is 0.330 e. The number of esters is 1. The molecule has 1 aliphatic heterocycles. The fourth-order valence-electron chi connectivity index (χ4n) is 3.89. The molecule has 1 unspecified atom stereocenters. The summed E-state index contributed by atoms with van der Waals surface area (Å²) in [6.45, 7) is 21.8. The third kappa shape index (κ3) is 12.9. The molecule has 37 heavy (non-hydrogen) atoms. The van der Waals surface area contributed by atoms with E-state index in [0.717, 1.165) is 32.4 Å². The summed E-state index contributed by atoms with van der Waals surface area (Å²) in [4.78, 5) is 14.6. The standard InChI is InChI=1S/C31H49NO4Si/c1-29(2,3)36-28(33)17-13-14-21-32(23-26-15-11-10-12-16-26)27(19-22-37(7,8)9)18-20-31(6)34-24-30(4,5)25-35-31/h10-13,15-17,27H,14,18,20-21,23-25H2,1-9H3/b17-13+. The highest BCUT2D eigenvalue weighted by molar-refractivity contribution is 6.83. The SMILES string of the molecule is CC1(C)COC(C)(CCC(C#C[Si](C)(C)C)N(CC/C=C/C(=O)OC(C)(C)C)Cc2ccccc2)OC1. The van der Waals surface area contributed by atoms with Crippen LogP contribution in [0.15, 0.2) is 42.5 Å². The number of carbonyl (C=O) groups is 1. The van der Waals surface area contributed by atoms with E-state index in [1.165, 1.54) is 5.56 Å². The number of hydrogen-bond donors (Lipinski definition) is 0. The highest BCUT2D eigenvalue weighted by Gasteiger charge is 2.37. The quantitative estimate of drug-likeness (QED) is 0.149. The maximum absolute atomic E-state index is 12.1. The van der Waals surface area contributed by atoms with Gasteiger partial charge in [-0.25, -0.2) is 4.79 Å². The van der Waals surface area contributed by atoms with Crippen LogP contribution in [-0.2, 0) is 25.5 Å². The summed E-state index contributed by atoms with van der Waals surface area (Å²) >= 11 is 0. The van der Waals surface area contributed by atoms with Crippen LogP contribution in [0.25, 0.3) is 0 Å². The van der Waals surface area contributed by atoms with Crippen molar-refractivity contribution in [3.05, 3.63) is 48.0 Å². The van der Waals surface area contributed by atoms with Gasteiger partial charge >= 0.3 is 5.97 Å². The second-order valence-corrected chi connectivity index (χ2v) is 17.9. The predicted octanol–water partition coefficient (Wildman–Crippen LogP) is 6.60. The highest BCUT2D eigenvalue weighted by Crippen LogP contribution is 2.32. The van der Waals surface area contributed by atoms with E-state index in [2.05, 4.69) is 81.0 Å². The lowest BCUT2D eigenvalue weighted by atomic mass is 9.94. The highest BCUT2D eigenvalue weighted by atomic mass is 28.3. The molecule has 1 heterocycles. The smallest absolute Gasteiger partial charge is 0.330 e. The molecule has 0 spiro atoms. The molecule has 1 aliphatic rings. The molecular formula is C31H49NO4Si. The van der Waals surface area contributed by atoms with E-state index < -0.39 is 19.5 Å². The molecule has 1 fully saturated rings. The van der Waals surface area contributed by atoms with Crippen molar-refractivity contribution in [2.24, 2.45) is 5.41 Å². The Balaban J connectivity index is 2.20. The zero-order chi connectivity index (χ0) is 27.7. The Morgan fingerprint density at radius 1 is 1.14 bits per heavy atom. The molecule has 5 nitrogen and oxygen atoms in total. The van der Waals surface area contributed by atoms with Gasteiger partial charge in [-0.1, -0.05) is 75.8 Å². The molecule has 1 saturated heterocycles. The van der Waals surface area contributed by atoms with Crippen molar-refractivity contribution in [1.29, 1.82) is 0 Å². The Bertz CT molecular complexity index is 937. The summed E-state index contributed by atoms with van der Waals surface area (Å²) in [5.41, 5.74) is 4.40. The molecule has 1 aromatic carbocycles. The van der Waals surface area contributed by atoms with E-state index in [4.69, 9.17) is 14.2 Å². The summed E-state index contributed by atoms with van der Waals surface area (Å²) in [5.74, 6) is 2.75. The largest absolute Gasteiger partial charge is 0.457 e. The van der Waals surface area contributed by atoms with Crippen LogP contribution in [0.2, 0.25) is 19.6 Å². The molecule has 0 aromatic heterocycles. The molecule has 6 heteroatoms. The molecule has 0 radical (unpaired) electrons. The summed E-state index contributed by atoms with van der Waals surface area (Å²) in [5, 5.41) is 0. The Morgan fingerprint density at radius 2 is 1.76 bits per heavy atom. The van der Waals surface area contributed by atoms with Gasteiger partial charge in [0.05, 0.1) is 19.3 Å². The Labute approximate surface area is 227 Å². The van der Waals surface area contributed by atoms with Crippen molar-refractivity contribution in [3.8, 4) is 11.5 Å². The first-order chi connectivity index (χ1) is 17.1. The molecule has 0 bridgehead atoms. The molecule has 1 aromatic rings. The minimum absolute atomic E-state index is 0.0381. The van der Waals surface area contributed by atoms with E-state index in [9.17, 15) is 4.79 Å². The Kier molecular flexibility index (Phi) is 11.2. The number of carbonyl (C=O) groups excluding carboxylic acids is 1. The maximum atomic E-state index is 12.1. The molecular weight excluding hydrogens is 478 g/mol. The molecule has 0 saturated carbocycles. The van der Waals surface area contributed by atoms with Gasteiger partial charge in [0.2, 0.25) is 0 Å². The van der Waals surface area contributed by atoms with Crippen molar-refractivity contribution >= 4 is 14.0 Å². The third-order valence-electron chi connectivity index (χ3n) is 5.94. The van der Waals surface area contributed by atoms with Crippen LogP contribution in [0.4, 0.5) is 0 Å². The van der Waals surface area contributed by atoms with Gasteiger partial charge < -0.3 is 14.2 Å². The third-order valence-corrected chi connectivity index (χ3v) is 6.83. The van der Waals surface area contributed by atoms with Gasteiger partial charge in [-0.05, 0) is 46.1 Å². The average Bonchev–Trinajstić information content (AvgIpc) is 2.77. The lowest BCUT2D eigenvalue weighted by molar-refractivity contribution is -0.292. The Hall–Kier alpha value is -1.91. The van der Waals surface area contributed by atoms with Crippen LogP contribution < -0.4 is 0 Å². The molecule has 206 valence electrons. The van der Waals surface area contributed by atoms with Crippen LogP contribution in [0.3, 0.4) is 0 Å². The minimum atomic E-state index is -1.57. The first kappa shape index (κ1) is 31.3. The number of nitrogens with zero attached hydrogens (tertiary/aromatic N) is 1. The van der Waals surface area contributed by atoms with Gasteiger partial charge in [0.15, 0.2) is 5.79 Å². The predicted molar refractivity (Wildman–Crippen MR) is 155 cm³/mol. The van der Waals surface area contributed by atoms with Crippen LogP contribution in [-0.4, -0.2) is 56.1 Å². The fraction of sp³-hybridized carbons (Fsp3) is 0.645. The van der Waals surface area contributed by atoms with Crippen LogP contribution in [0.1, 0.15) is 66.4 Å². The van der Waals surface area contributed by atoms with Gasteiger partial charge in [0.1, 0.15) is 13.7 Å².